The summed E-state index contributed by atoms with van der Waals surface area (Å²) in [6, 6.07) is 4.25. The number of amides is 1. The highest BCUT2D eigenvalue weighted by atomic mass is 19.2. The molecule has 0 aliphatic carbocycles. The fourth-order valence-electron chi connectivity index (χ4n) is 1.42. The van der Waals surface area contributed by atoms with Crippen LogP contribution in [0.2, 0.25) is 0 Å². The van der Waals surface area contributed by atoms with Crippen molar-refractivity contribution in [2.24, 2.45) is 0 Å². The van der Waals surface area contributed by atoms with Gasteiger partial charge in [-0.05, 0) is 12.1 Å². The second-order valence-electron chi connectivity index (χ2n) is 3.61. The molecule has 1 amide bonds. The van der Waals surface area contributed by atoms with E-state index in [4.69, 9.17) is 0 Å². The average Bonchev–Trinajstić information content (AvgIpc) is 2.44. The predicted octanol–water partition coefficient (Wildman–Crippen LogP) is 3.03. The number of benzene rings is 1. The number of carbonyl (C=O) groups excluding carboxylic acids is 1. The smallest absolute Gasteiger partial charge is 0.263 e. The third kappa shape index (κ3) is 2.31. The fourth-order valence-corrected chi connectivity index (χ4v) is 1.42. The maximum atomic E-state index is 13.4. The molecule has 0 bridgehead atoms. The lowest BCUT2D eigenvalue weighted by molar-refractivity contribution is 0.101. The molecule has 104 valence electrons. The van der Waals surface area contributed by atoms with Gasteiger partial charge in [0.15, 0.2) is 23.3 Å². The summed E-state index contributed by atoms with van der Waals surface area (Å²) in [7, 11) is 0. The van der Waals surface area contributed by atoms with Crippen LogP contribution in [0.3, 0.4) is 0 Å². The maximum Gasteiger partial charge on any atom is 0.263 e. The number of nitrogens with zero attached hydrogens (tertiary/aromatic N) is 1. The van der Waals surface area contributed by atoms with Gasteiger partial charge in [-0.3, -0.25) is 4.79 Å². The summed E-state index contributed by atoms with van der Waals surface area (Å²) in [5, 5.41) is 1.93. The highest BCUT2D eigenvalue weighted by molar-refractivity contribution is 6.04. The van der Waals surface area contributed by atoms with Crippen molar-refractivity contribution in [3.63, 3.8) is 0 Å². The molecule has 2 aromatic rings. The van der Waals surface area contributed by atoms with E-state index in [1.54, 1.807) is 0 Å². The van der Waals surface area contributed by atoms with E-state index in [0.29, 0.717) is 0 Å². The molecule has 0 spiro atoms. The van der Waals surface area contributed by atoms with Crippen molar-refractivity contribution in [2.75, 3.05) is 5.32 Å². The fraction of sp³-hybridized carbons (Fsp3) is 0. The van der Waals surface area contributed by atoms with Crippen LogP contribution in [0.25, 0.3) is 0 Å². The normalized spacial score (nSPS) is 10.4. The van der Waals surface area contributed by atoms with Gasteiger partial charge in [0, 0.05) is 6.20 Å². The lowest BCUT2D eigenvalue weighted by atomic mass is 10.1. The van der Waals surface area contributed by atoms with Gasteiger partial charge in [-0.2, -0.15) is 0 Å². The molecule has 0 unspecified atom stereocenters. The molecule has 0 aliphatic heterocycles. The molecular formula is C12H5F5N2O. The van der Waals surface area contributed by atoms with Gasteiger partial charge in [0.05, 0.1) is 0 Å². The van der Waals surface area contributed by atoms with Crippen LogP contribution in [0.1, 0.15) is 10.4 Å². The zero-order valence-corrected chi connectivity index (χ0v) is 9.55. The number of halogens is 5. The molecule has 0 saturated heterocycles. The maximum absolute atomic E-state index is 13.4. The Labute approximate surface area is 109 Å². The molecule has 0 radical (unpaired) electrons. The van der Waals surface area contributed by atoms with Crippen molar-refractivity contribution >= 4 is 11.7 Å². The largest absolute Gasteiger partial charge is 0.306 e. The third-order valence-corrected chi connectivity index (χ3v) is 2.34. The molecular weight excluding hydrogens is 283 g/mol. The van der Waals surface area contributed by atoms with Crippen molar-refractivity contribution in [1.29, 1.82) is 0 Å². The molecule has 3 nitrogen and oxygen atoms in total. The minimum absolute atomic E-state index is 0.0959. The van der Waals surface area contributed by atoms with Crippen molar-refractivity contribution in [3.8, 4) is 0 Å². The Bertz CT molecular complexity index is 646. The molecule has 1 N–H and O–H groups in total. The summed E-state index contributed by atoms with van der Waals surface area (Å²) < 4.78 is 65.4. The number of pyridine rings is 1. The second-order valence-corrected chi connectivity index (χ2v) is 3.61. The van der Waals surface area contributed by atoms with Crippen LogP contribution in [0.15, 0.2) is 24.4 Å². The molecule has 1 heterocycles. The Morgan fingerprint density at radius 2 is 1.45 bits per heavy atom. The quantitative estimate of drug-likeness (QED) is 0.524. The van der Waals surface area contributed by atoms with Crippen LogP contribution in [-0.4, -0.2) is 10.9 Å². The Morgan fingerprint density at radius 1 is 0.900 bits per heavy atom. The average molecular weight is 288 g/mol. The van der Waals surface area contributed by atoms with E-state index in [1.165, 1.54) is 24.4 Å². The first kappa shape index (κ1) is 13.9. The Hall–Kier alpha value is -2.51. The molecule has 2 rings (SSSR count). The summed E-state index contributed by atoms with van der Waals surface area (Å²) in [6.07, 6.45) is 1.27. The van der Waals surface area contributed by atoms with Gasteiger partial charge in [0.25, 0.3) is 5.91 Å². The number of anilines is 1. The molecule has 0 fully saturated rings. The van der Waals surface area contributed by atoms with E-state index in [1.807, 2.05) is 5.32 Å². The van der Waals surface area contributed by atoms with Crippen LogP contribution < -0.4 is 5.32 Å². The number of hydrogen-bond donors (Lipinski definition) is 1. The molecule has 1 aromatic heterocycles. The van der Waals surface area contributed by atoms with Gasteiger partial charge in [-0.25, -0.2) is 26.9 Å². The summed E-state index contributed by atoms with van der Waals surface area (Å²) in [6.45, 7) is 0. The highest BCUT2D eigenvalue weighted by Crippen LogP contribution is 2.23. The van der Waals surface area contributed by atoms with Gasteiger partial charge < -0.3 is 5.32 Å². The van der Waals surface area contributed by atoms with Crippen LogP contribution in [0.5, 0.6) is 0 Å². The topological polar surface area (TPSA) is 42.0 Å². The van der Waals surface area contributed by atoms with Crippen molar-refractivity contribution in [2.45, 2.75) is 0 Å². The zero-order valence-electron chi connectivity index (χ0n) is 9.55. The van der Waals surface area contributed by atoms with E-state index < -0.39 is 40.6 Å². The molecule has 0 aliphatic rings. The Balaban J connectivity index is 2.45. The van der Waals surface area contributed by atoms with E-state index in [-0.39, 0.29) is 5.82 Å². The second kappa shape index (κ2) is 5.24. The van der Waals surface area contributed by atoms with E-state index >= 15 is 0 Å². The van der Waals surface area contributed by atoms with Crippen molar-refractivity contribution in [3.05, 3.63) is 59.0 Å². The SMILES string of the molecule is O=C(Nc1ccccn1)c1c(F)c(F)c(F)c(F)c1F. The molecule has 1 aromatic carbocycles. The number of aromatic nitrogens is 1. The third-order valence-electron chi connectivity index (χ3n) is 2.34. The number of carbonyl (C=O) groups is 1. The van der Waals surface area contributed by atoms with Crippen LogP contribution in [0, 0.1) is 29.1 Å². The predicted molar refractivity (Wildman–Crippen MR) is 58.4 cm³/mol. The summed E-state index contributed by atoms with van der Waals surface area (Å²) in [4.78, 5) is 15.2. The van der Waals surface area contributed by atoms with Crippen LogP contribution in [0.4, 0.5) is 27.8 Å². The van der Waals surface area contributed by atoms with E-state index in [9.17, 15) is 26.7 Å². The highest BCUT2D eigenvalue weighted by Gasteiger charge is 2.29. The van der Waals surface area contributed by atoms with Gasteiger partial charge in [-0.15, -0.1) is 0 Å². The van der Waals surface area contributed by atoms with Crippen LogP contribution in [-0.2, 0) is 0 Å². The summed E-state index contributed by atoms with van der Waals surface area (Å²) in [5.74, 6) is -12.7. The summed E-state index contributed by atoms with van der Waals surface area (Å²) in [5.41, 5.74) is -1.56. The first-order chi connectivity index (χ1) is 9.43. The number of hydrogen-bond acceptors (Lipinski definition) is 2. The first-order valence-corrected chi connectivity index (χ1v) is 5.17. The lowest BCUT2D eigenvalue weighted by Crippen LogP contribution is -2.19. The van der Waals surface area contributed by atoms with Gasteiger partial charge in [0.2, 0.25) is 5.82 Å². The van der Waals surface area contributed by atoms with Crippen molar-refractivity contribution < 1.29 is 26.7 Å². The molecule has 0 saturated carbocycles. The minimum Gasteiger partial charge on any atom is -0.306 e. The standard InChI is InChI=1S/C12H5F5N2O/c13-7-6(8(14)10(16)11(17)9(7)15)12(20)19-5-3-1-2-4-18-5/h1-4H,(H,18,19,20). The number of rotatable bonds is 2. The lowest BCUT2D eigenvalue weighted by Gasteiger charge is -2.08. The Kier molecular flexibility index (Phi) is 3.64. The number of nitrogens with one attached hydrogen (secondary N) is 1. The minimum atomic E-state index is -2.32. The zero-order chi connectivity index (χ0) is 14.9. The monoisotopic (exact) mass is 288 g/mol. The molecule has 8 heteroatoms. The van der Waals surface area contributed by atoms with Gasteiger partial charge in [-0.1, -0.05) is 6.07 Å². The van der Waals surface area contributed by atoms with E-state index in [2.05, 4.69) is 4.98 Å². The molecule has 0 atom stereocenters. The van der Waals surface area contributed by atoms with Crippen molar-refractivity contribution in [1.82, 2.24) is 4.98 Å². The van der Waals surface area contributed by atoms with Gasteiger partial charge in [0.1, 0.15) is 11.4 Å². The van der Waals surface area contributed by atoms with E-state index in [0.717, 1.165) is 0 Å². The van der Waals surface area contributed by atoms with Crippen LogP contribution >= 0.6 is 0 Å². The first-order valence-electron chi connectivity index (χ1n) is 5.17. The van der Waals surface area contributed by atoms with Gasteiger partial charge >= 0.3 is 0 Å². The Morgan fingerprint density at radius 3 is 1.95 bits per heavy atom. The summed E-state index contributed by atoms with van der Waals surface area (Å²) >= 11 is 0. The molecule has 20 heavy (non-hydrogen) atoms.